The van der Waals surface area contributed by atoms with Gasteiger partial charge < -0.3 is 5.11 Å². The maximum Gasteiger partial charge on any atom is 0.303 e. The summed E-state index contributed by atoms with van der Waals surface area (Å²) in [5.74, 6) is -0.764. The molecule has 1 N–H and O–H groups in total. The number of aromatic nitrogens is 2. The van der Waals surface area contributed by atoms with Gasteiger partial charge in [-0.1, -0.05) is 0 Å². The predicted molar refractivity (Wildman–Crippen MR) is 49.0 cm³/mol. The van der Waals surface area contributed by atoms with Gasteiger partial charge in [0.05, 0.1) is 6.42 Å². The molecular weight excluding hydrogens is 188 g/mol. The number of thiazole rings is 1. The number of fused-ring (bicyclic) bond motifs is 1. The minimum Gasteiger partial charge on any atom is -0.481 e. The minimum absolute atomic E-state index is 0.171. The third-order valence-electron chi connectivity index (χ3n) is 1.81. The van der Waals surface area contributed by atoms with Gasteiger partial charge in [-0.05, 0) is 6.42 Å². The molecule has 2 aromatic rings. The first kappa shape index (κ1) is 8.25. The van der Waals surface area contributed by atoms with E-state index in [1.807, 2.05) is 16.0 Å². The second-order valence-electron chi connectivity index (χ2n) is 2.70. The van der Waals surface area contributed by atoms with Crippen molar-refractivity contribution in [2.45, 2.75) is 12.8 Å². The van der Waals surface area contributed by atoms with E-state index in [-0.39, 0.29) is 6.42 Å². The highest BCUT2D eigenvalue weighted by atomic mass is 32.1. The number of nitrogens with zero attached hydrogens (tertiary/aromatic N) is 2. The van der Waals surface area contributed by atoms with Crippen LogP contribution in [0.2, 0.25) is 0 Å². The van der Waals surface area contributed by atoms with Crippen molar-refractivity contribution < 1.29 is 9.90 Å². The summed E-state index contributed by atoms with van der Waals surface area (Å²) in [5, 5.41) is 10.5. The van der Waals surface area contributed by atoms with Crippen molar-refractivity contribution in [1.82, 2.24) is 9.38 Å². The Morgan fingerprint density at radius 3 is 3.31 bits per heavy atom. The van der Waals surface area contributed by atoms with Gasteiger partial charge in [0, 0.05) is 23.5 Å². The summed E-state index contributed by atoms with van der Waals surface area (Å²) in [4.78, 5) is 15.4. The zero-order valence-electron chi connectivity index (χ0n) is 6.80. The van der Waals surface area contributed by atoms with E-state index >= 15 is 0 Å². The molecule has 5 heteroatoms. The molecule has 0 saturated heterocycles. The molecule has 0 aliphatic heterocycles. The highest BCUT2D eigenvalue weighted by molar-refractivity contribution is 7.15. The lowest BCUT2D eigenvalue weighted by Gasteiger charge is -1.94. The Kier molecular flexibility index (Phi) is 2.02. The Balaban J connectivity index is 2.23. The topological polar surface area (TPSA) is 54.6 Å². The average Bonchev–Trinajstić information content (AvgIpc) is 2.60. The van der Waals surface area contributed by atoms with Gasteiger partial charge in [-0.2, -0.15) is 0 Å². The maximum atomic E-state index is 10.3. The van der Waals surface area contributed by atoms with Crippen molar-refractivity contribution in [2.24, 2.45) is 0 Å². The van der Waals surface area contributed by atoms with Gasteiger partial charge in [0.15, 0.2) is 4.96 Å². The van der Waals surface area contributed by atoms with Crippen LogP contribution in [0.1, 0.15) is 12.1 Å². The monoisotopic (exact) mass is 196 g/mol. The third-order valence-corrected chi connectivity index (χ3v) is 2.71. The van der Waals surface area contributed by atoms with Crippen LogP contribution in [0.25, 0.3) is 4.96 Å². The summed E-state index contributed by atoms with van der Waals surface area (Å²) in [6.45, 7) is 0. The maximum absolute atomic E-state index is 10.3. The molecule has 0 amide bonds. The lowest BCUT2D eigenvalue weighted by atomic mass is 10.2. The van der Waals surface area contributed by atoms with Crippen LogP contribution in [0, 0.1) is 0 Å². The van der Waals surface area contributed by atoms with Gasteiger partial charge in [0.1, 0.15) is 0 Å². The fraction of sp³-hybridized carbons (Fsp3) is 0.250. The van der Waals surface area contributed by atoms with Crippen molar-refractivity contribution >= 4 is 22.3 Å². The summed E-state index contributed by atoms with van der Waals surface area (Å²) in [6, 6.07) is 0. The molecule has 0 atom stereocenters. The van der Waals surface area contributed by atoms with Crippen LogP contribution in [0.4, 0.5) is 0 Å². The smallest absolute Gasteiger partial charge is 0.303 e. The molecule has 0 unspecified atom stereocenters. The van der Waals surface area contributed by atoms with Gasteiger partial charge in [0.2, 0.25) is 0 Å². The van der Waals surface area contributed by atoms with Crippen LogP contribution >= 0.6 is 11.3 Å². The van der Waals surface area contributed by atoms with Crippen molar-refractivity contribution in [3.8, 4) is 0 Å². The molecule has 0 fully saturated rings. The number of carbonyl (C=O) groups is 1. The molecule has 0 aliphatic carbocycles. The number of rotatable bonds is 3. The molecule has 2 rings (SSSR count). The second-order valence-corrected chi connectivity index (χ2v) is 3.54. The van der Waals surface area contributed by atoms with Crippen LogP contribution in [-0.4, -0.2) is 20.5 Å². The normalized spacial score (nSPS) is 10.8. The minimum atomic E-state index is -0.764. The fourth-order valence-electron chi connectivity index (χ4n) is 1.19. The summed E-state index contributed by atoms with van der Waals surface area (Å²) < 4.78 is 1.92. The summed E-state index contributed by atoms with van der Waals surface area (Å²) >= 11 is 1.53. The van der Waals surface area contributed by atoms with Crippen LogP contribution in [0.5, 0.6) is 0 Å². The molecule has 0 saturated carbocycles. The Morgan fingerprint density at radius 2 is 2.54 bits per heavy atom. The van der Waals surface area contributed by atoms with Gasteiger partial charge in [-0.25, -0.2) is 4.98 Å². The Bertz CT molecular complexity index is 432. The zero-order chi connectivity index (χ0) is 9.26. The number of carboxylic acid groups (broad SMARTS) is 1. The van der Waals surface area contributed by atoms with Crippen molar-refractivity contribution in [2.75, 3.05) is 0 Å². The molecule has 2 heterocycles. The van der Waals surface area contributed by atoms with E-state index in [2.05, 4.69) is 4.98 Å². The number of hydrogen-bond acceptors (Lipinski definition) is 3. The highest BCUT2D eigenvalue weighted by Crippen LogP contribution is 2.15. The van der Waals surface area contributed by atoms with Gasteiger partial charge in [-0.3, -0.25) is 9.20 Å². The van der Waals surface area contributed by atoms with Crippen LogP contribution < -0.4 is 0 Å². The third kappa shape index (κ3) is 1.55. The molecular formula is C8H8N2O2S. The lowest BCUT2D eigenvalue weighted by molar-refractivity contribution is -0.136. The standard InChI is InChI=1S/C8H8N2O2S/c11-7(12)2-1-6-5-13-8-9-3-4-10(6)8/h3-5H,1-2H2,(H,11,12). The first-order valence-corrected chi connectivity index (χ1v) is 4.76. The quantitative estimate of drug-likeness (QED) is 0.807. The molecule has 0 radical (unpaired) electrons. The van der Waals surface area contributed by atoms with Crippen LogP contribution in [0.3, 0.4) is 0 Å². The molecule has 0 aromatic carbocycles. The number of aryl methyl sites for hydroxylation is 1. The van der Waals surface area contributed by atoms with E-state index in [1.54, 1.807) is 6.20 Å². The molecule has 4 nitrogen and oxygen atoms in total. The fourth-order valence-corrected chi connectivity index (χ4v) is 2.07. The van der Waals surface area contributed by atoms with Gasteiger partial charge in [0.25, 0.3) is 0 Å². The number of hydrogen-bond donors (Lipinski definition) is 1. The number of aliphatic carboxylic acids is 1. The Labute approximate surface area is 78.5 Å². The molecule has 2 aromatic heterocycles. The first-order chi connectivity index (χ1) is 6.27. The average molecular weight is 196 g/mol. The van der Waals surface area contributed by atoms with E-state index in [1.165, 1.54) is 11.3 Å². The van der Waals surface area contributed by atoms with E-state index in [9.17, 15) is 4.79 Å². The summed E-state index contributed by atoms with van der Waals surface area (Å²) in [5.41, 5.74) is 1.01. The van der Waals surface area contributed by atoms with Crippen molar-refractivity contribution in [3.05, 3.63) is 23.5 Å². The van der Waals surface area contributed by atoms with Crippen LogP contribution in [0.15, 0.2) is 17.8 Å². The molecule has 13 heavy (non-hydrogen) atoms. The van der Waals surface area contributed by atoms with Gasteiger partial charge in [-0.15, -0.1) is 11.3 Å². The first-order valence-electron chi connectivity index (χ1n) is 3.88. The molecule has 68 valence electrons. The van der Waals surface area contributed by atoms with E-state index in [4.69, 9.17) is 5.11 Å². The molecule has 0 bridgehead atoms. The molecule has 0 spiro atoms. The largest absolute Gasteiger partial charge is 0.481 e. The van der Waals surface area contributed by atoms with Crippen molar-refractivity contribution in [1.29, 1.82) is 0 Å². The number of carboxylic acids is 1. The summed E-state index contributed by atoms with van der Waals surface area (Å²) in [7, 11) is 0. The number of imidazole rings is 1. The predicted octanol–water partition coefficient (Wildman–Crippen LogP) is 1.41. The Hall–Kier alpha value is -1.36. The van der Waals surface area contributed by atoms with E-state index < -0.39 is 5.97 Å². The van der Waals surface area contributed by atoms with E-state index in [0.717, 1.165) is 10.7 Å². The van der Waals surface area contributed by atoms with Crippen LogP contribution in [-0.2, 0) is 11.2 Å². The van der Waals surface area contributed by atoms with Gasteiger partial charge >= 0.3 is 5.97 Å². The SMILES string of the molecule is O=C(O)CCc1csc2nccn12. The summed E-state index contributed by atoms with van der Waals surface area (Å²) in [6.07, 6.45) is 4.30. The Morgan fingerprint density at radius 1 is 1.69 bits per heavy atom. The highest BCUT2D eigenvalue weighted by Gasteiger charge is 2.05. The molecule has 0 aliphatic rings. The second kappa shape index (κ2) is 3.18. The lowest BCUT2D eigenvalue weighted by Crippen LogP contribution is -1.99. The van der Waals surface area contributed by atoms with E-state index in [0.29, 0.717) is 6.42 Å². The zero-order valence-corrected chi connectivity index (χ0v) is 7.62. The van der Waals surface area contributed by atoms with Crippen molar-refractivity contribution in [3.63, 3.8) is 0 Å².